The highest BCUT2D eigenvalue weighted by Crippen LogP contribution is 2.22. The van der Waals surface area contributed by atoms with E-state index in [9.17, 15) is 9.59 Å². The van der Waals surface area contributed by atoms with Gasteiger partial charge in [0.2, 0.25) is 5.91 Å². The van der Waals surface area contributed by atoms with Crippen LogP contribution in [0.1, 0.15) is 36.0 Å². The van der Waals surface area contributed by atoms with E-state index < -0.39 is 0 Å². The zero-order valence-electron chi connectivity index (χ0n) is 11.3. The Bertz CT molecular complexity index is 644. The van der Waals surface area contributed by atoms with E-state index >= 15 is 0 Å². The molecule has 1 aliphatic heterocycles. The molecule has 1 aromatic carbocycles. The van der Waals surface area contributed by atoms with Crippen LogP contribution in [0.15, 0.2) is 34.9 Å². The summed E-state index contributed by atoms with van der Waals surface area (Å²) < 4.78 is 5.39. The molecule has 20 heavy (non-hydrogen) atoms. The lowest BCUT2D eigenvalue weighted by Crippen LogP contribution is -2.35. The van der Waals surface area contributed by atoms with Gasteiger partial charge in [0, 0.05) is 18.4 Å². The largest absolute Gasteiger partial charge is 0.464 e. The molecular weight excluding hydrogens is 254 g/mol. The Hall–Kier alpha value is -2.10. The second kappa shape index (κ2) is 5.49. The van der Waals surface area contributed by atoms with Gasteiger partial charge in [0.15, 0.2) is 5.78 Å². The fourth-order valence-electron chi connectivity index (χ4n) is 2.66. The van der Waals surface area contributed by atoms with Gasteiger partial charge in [0.25, 0.3) is 0 Å². The second-order valence-corrected chi connectivity index (χ2v) is 5.19. The highest BCUT2D eigenvalue weighted by molar-refractivity contribution is 6.08. The van der Waals surface area contributed by atoms with Crippen LogP contribution in [0.5, 0.6) is 0 Å². The molecule has 1 fully saturated rings. The van der Waals surface area contributed by atoms with Crippen molar-refractivity contribution in [1.29, 1.82) is 0 Å². The first kappa shape index (κ1) is 12.9. The summed E-state index contributed by atoms with van der Waals surface area (Å²) >= 11 is 0. The van der Waals surface area contributed by atoms with E-state index in [1.807, 2.05) is 24.3 Å². The minimum absolute atomic E-state index is 0.0507. The van der Waals surface area contributed by atoms with Crippen molar-refractivity contribution in [3.05, 3.63) is 36.1 Å². The number of ketones is 1. The Morgan fingerprint density at radius 3 is 2.95 bits per heavy atom. The number of furan rings is 1. The monoisotopic (exact) mass is 271 g/mol. The number of nitrogens with zero attached hydrogens (tertiary/aromatic N) is 1. The molecule has 1 saturated heterocycles. The number of likely N-dealkylation sites (tertiary alicyclic amines) is 1. The lowest BCUT2D eigenvalue weighted by Gasteiger charge is -2.19. The van der Waals surface area contributed by atoms with Gasteiger partial charge in [-0.15, -0.1) is 0 Å². The topological polar surface area (TPSA) is 50.5 Å². The standard InChI is InChI=1S/C16H17NO3/c18-14(10-17-9-5-1-2-8-16(17)19)13-11-20-15-7-4-3-6-12(13)15/h3-4,6-7,11H,1-2,5,8-10H2. The van der Waals surface area contributed by atoms with Crippen LogP contribution in [0.2, 0.25) is 0 Å². The van der Waals surface area contributed by atoms with Gasteiger partial charge in [-0.05, 0) is 18.9 Å². The molecule has 0 saturated carbocycles. The first-order valence-electron chi connectivity index (χ1n) is 7.03. The molecule has 0 spiro atoms. The molecule has 2 aromatic rings. The molecule has 4 heteroatoms. The number of carbonyl (C=O) groups excluding carboxylic acids is 2. The van der Waals surface area contributed by atoms with E-state index in [0.29, 0.717) is 24.1 Å². The molecule has 1 amide bonds. The number of para-hydroxylation sites is 1. The number of fused-ring (bicyclic) bond motifs is 1. The molecule has 0 aliphatic carbocycles. The van der Waals surface area contributed by atoms with Crippen molar-refractivity contribution >= 4 is 22.7 Å². The van der Waals surface area contributed by atoms with Gasteiger partial charge in [-0.25, -0.2) is 0 Å². The fourth-order valence-corrected chi connectivity index (χ4v) is 2.66. The molecule has 4 nitrogen and oxygen atoms in total. The van der Waals surface area contributed by atoms with Gasteiger partial charge >= 0.3 is 0 Å². The van der Waals surface area contributed by atoms with Crippen LogP contribution in [0, 0.1) is 0 Å². The van der Waals surface area contributed by atoms with Crippen LogP contribution < -0.4 is 0 Å². The van der Waals surface area contributed by atoms with Gasteiger partial charge in [-0.3, -0.25) is 9.59 Å². The average Bonchev–Trinajstić information content (AvgIpc) is 2.79. The highest BCUT2D eigenvalue weighted by Gasteiger charge is 2.21. The summed E-state index contributed by atoms with van der Waals surface area (Å²) in [5.74, 6) is 0.0360. The maximum atomic E-state index is 12.4. The quantitative estimate of drug-likeness (QED) is 0.806. The van der Waals surface area contributed by atoms with Crippen LogP contribution in [0.25, 0.3) is 11.0 Å². The normalized spacial score (nSPS) is 16.4. The molecule has 1 aliphatic rings. The number of rotatable bonds is 3. The van der Waals surface area contributed by atoms with E-state index in [1.165, 1.54) is 6.26 Å². The Morgan fingerprint density at radius 2 is 2.05 bits per heavy atom. The number of hydrogen-bond acceptors (Lipinski definition) is 3. The minimum Gasteiger partial charge on any atom is -0.464 e. The number of Topliss-reactive ketones (excluding diaryl/α,β-unsaturated/α-hetero) is 1. The van der Waals surface area contributed by atoms with E-state index in [1.54, 1.807) is 4.90 Å². The SMILES string of the molecule is O=C(CN1CCCCCC1=O)c1coc2ccccc12. The third kappa shape index (κ3) is 2.46. The number of hydrogen-bond donors (Lipinski definition) is 0. The van der Waals surface area contributed by atoms with Gasteiger partial charge in [-0.2, -0.15) is 0 Å². The second-order valence-electron chi connectivity index (χ2n) is 5.19. The third-order valence-corrected chi connectivity index (χ3v) is 3.79. The summed E-state index contributed by atoms with van der Waals surface area (Å²) in [6.07, 6.45) is 5.02. The van der Waals surface area contributed by atoms with Gasteiger partial charge in [-0.1, -0.05) is 24.6 Å². The summed E-state index contributed by atoms with van der Waals surface area (Å²) in [6.45, 7) is 0.836. The summed E-state index contributed by atoms with van der Waals surface area (Å²) in [5.41, 5.74) is 1.27. The van der Waals surface area contributed by atoms with E-state index in [4.69, 9.17) is 4.42 Å². The summed E-state index contributed by atoms with van der Waals surface area (Å²) in [7, 11) is 0. The van der Waals surface area contributed by atoms with Gasteiger partial charge < -0.3 is 9.32 Å². The number of benzene rings is 1. The molecular formula is C16H17NO3. The predicted octanol–water partition coefficient (Wildman–Crippen LogP) is 3.02. The predicted molar refractivity (Wildman–Crippen MR) is 75.6 cm³/mol. The lowest BCUT2D eigenvalue weighted by molar-refractivity contribution is -0.130. The summed E-state index contributed by atoms with van der Waals surface area (Å²) in [4.78, 5) is 26.0. The zero-order valence-corrected chi connectivity index (χ0v) is 11.3. The lowest BCUT2D eigenvalue weighted by atomic mass is 10.1. The Kier molecular flexibility index (Phi) is 3.54. The molecule has 0 unspecified atom stereocenters. The Balaban J connectivity index is 1.80. The van der Waals surface area contributed by atoms with Crippen molar-refractivity contribution in [3.63, 3.8) is 0 Å². The van der Waals surface area contributed by atoms with Gasteiger partial charge in [0.05, 0.1) is 12.1 Å². The van der Waals surface area contributed by atoms with Crippen LogP contribution in [0.3, 0.4) is 0 Å². The molecule has 2 heterocycles. The minimum atomic E-state index is -0.0507. The van der Waals surface area contributed by atoms with Crippen molar-refractivity contribution in [1.82, 2.24) is 4.90 Å². The molecule has 1 aromatic heterocycles. The summed E-state index contributed by atoms with van der Waals surface area (Å²) in [6, 6.07) is 7.46. The third-order valence-electron chi connectivity index (χ3n) is 3.79. The maximum Gasteiger partial charge on any atom is 0.222 e. The first-order valence-corrected chi connectivity index (χ1v) is 7.03. The number of carbonyl (C=O) groups is 2. The molecule has 0 radical (unpaired) electrons. The summed E-state index contributed by atoms with van der Waals surface area (Å²) in [5, 5.41) is 0.819. The van der Waals surface area contributed by atoms with Crippen LogP contribution >= 0.6 is 0 Å². The number of amides is 1. The van der Waals surface area contributed by atoms with Crippen molar-refractivity contribution < 1.29 is 14.0 Å². The van der Waals surface area contributed by atoms with Crippen molar-refractivity contribution in [2.75, 3.05) is 13.1 Å². The van der Waals surface area contributed by atoms with E-state index in [2.05, 4.69) is 0 Å². The van der Waals surface area contributed by atoms with Crippen molar-refractivity contribution in [3.8, 4) is 0 Å². The molecule has 0 N–H and O–H groups in total. The van der Waals surface area contributed by atoms with E-state index in [0.717, 1.165) is 24.6 Å². The Labute approximate surface area is 117 Å². The molecule has 0 atom stereocenters. The van der Waals surface area contributed by atoms with Crippen LogP contribution in [-0.4, -0.2) is 29.7 Å². The van der Waals surface area contributed by atoms with E-state index in [-0.39, 0.29) is 18.2 Å². The van der Waals surface area contributed by atoms with Gasteiger partial charge in [0.1, 0.15) is 11.8 Å². The maximum absolute atomic E-state index is 12.4. The Morgan fingerprint density at radius 1 is 1.20 bits per heavy atom. The molecule has 3 rings (SSSR count). The molecule has 0 bridgehead atoms. The average molecular weight is 271 g/mol. The van der Waals surface area contributed by atoms with Crippen LogP contribution in [-0.2, 0) is 4.79 Å². The van der Waals surface area contributed by atoms with Crippen molar-refractivity contribution in [2.45, 2.75) is 25.7 Å². The molecule has 104 valence electrons. The fraction of sp³-hybridized carbons (Fsp3) is 0.375. The van der Waals surface area contributed by atoms with Crippen molar-refractivity contribution in [2.24, 2.45) is 0 Å². The smallest absolute Gasteiger partial charge is 0.222 e. The highest BCUT2D eigenvalue weighted by atomic mass is 16.3. The van der Waals surface area contributed by atoms with Crippen LogP contribution in [0.4, 0.5) is 0 Å². The zero-order chi connectivity index (χ0) is 13.9. The first-order chi connectivity index (χ1) is 9.75.